The highest BCUT2D eigenvalue weighted by Crippen LogP contribution is 2.68. The van der Waals surface area contributed by atoms with Gasteiger partial charge in [0, 0.05) is 26.2 Å². The van der Waals surface area contributed by atoms with Crippen molar-refractivity contribution < 1.29 is 33.7 Å². The van der Waals surface area contributed by atoms with Crippen LogP contribution in [0.5, 0.6) is 0 Å². The van der Waals surface area contributed by atoms with Crippen LogP contribution in [0.3, 0.4) is 0 Å². The third-order valence-corrected chi connectivity index (χ3v) is 11.2. The summed E-state index contributed by atoms with van der Waals surface area (Å²) in [6, 6.07) is 0. The smallest absolute Gasteiger partial charge is 0.305 e. The zero-order valence-corrected chi connectivity index (χ0v) is 23.0. The maximum Gasteiger partial charge on any atom is 0.305 e. The minimum absolute atomic E-state index is 0.0227. The van der Waals surface area contributed by atoms with Gasteiger partial charge in [0.2, 0.25) is 0 Å². The molecule has 4 rings (SSSR count). The molecule has 36 heavy (non-hydrogen) atoms. The molecule has 0 aliphatic heterocycles. The van der Waals surface area contributed by atoms with Gasteiger partial charge in [-0.3, -0.25) is 14.4 Å². The number of fused-ring (bicyclic) bond motifs is 5. The summed E-state index contributed by atoms with van der Waals surface area (Å²) in [6.45, 7) is 9.78. The standard InChI is InChI=1S/C29H46O7/c1-16(7-10-26(33)34-6)21-8-9-22-27-23(15-25(32)29(21,22)5)28(4)12-11-20(35-17(2)30)13-19(28)14-24(27)36-18(3)31/h16,19-25,27,32H,7-15H2,1-6H3/t16-,19-,20+,21+,22+,23+,24+,25-,27+,28-,29+/m0/s1. The molecule has 204 valence electrons. The fourth-order valence-electron chi connectivity index (χ4n) is 9.42. The van der Waals surface area contributed by atoms with E-state index in [1.165, 1.54) is 21.0 Å². The van der Waals surface area contributed by atoms with Gasteiger partial charge in [-0.1, -0.05) is 20.8 Å². The number of ether oxygens (including phenoxy) is 3. The number of hydrogen-bond donors (Lipinski definition) is 1. The van der Waals surface area contributed by atoms with Gasteiger partial charge in [-0.25, -0.2) is 0 Å². The first-order chi connectivity index (χ1) is 16.9. The van der Waals surface area contributed by atoms with Crippen molar-refractivity contribution in [3.63, 3.8) is 0 Å². The molecule has 0 aromatic heterocycles. The molecule has 4 aliphatic rings. The highest BCUT2D eigenvalue weighted by molar-refractivity contribution is 5.69. The summed E-state index contributed by atoms with van der Waals surface area (Å²) in [4.78, 5) is 35.7. The quantitative estimate of drug-likeness (QED) is 0.412. The first-order valence-corrected chi connectivity index (χ1v) is 14.0. The van der Waals surface area contributed by atoms with Crippen LogP contribution in [0.4, 0.5) is 0 Å². The van der Waals surface area contributed by atoms with E-state index in [0.717, 1.165) is 44.9 Å². The molecule has 4 aliphatic carbocycles. The van der Waals surface area contributed by atoms with Gasteiger partial charge in [0.1, 0.15) is 12.2 Å². The Balaban J connectivity index is 1.62. The number of aliphatic hydroxyl groups excluding tert-OH is 1. The fourth-order valence-corrected chi connectivity index (χ4v) is 9.42. The van der Waals surface area contributed by atoms with Crippen LogP contribution in [-0.2, 0) is 28.6 Å². The SMILES string of the molecule is COC(=O)CC[C@H](C)[C@H]1CC[C@@H]2[C@@H]3[C@@H](C[C@H](O)[C@@]21C)[C@@]1(C)CC[C@@H](OC(C)=O)C[C@H]1C[C@H]3OC(C)=O. The van der Waals surface area contributed by atoms with Crippen molar-refractivity contribution in [1.29, 1.82) is 0 Å². The van der Waals surface area contributed by atoms with Gasteiger partial charge >= 0.3 is 17.9 Å². The number of esters is 3. The van der Waals surface area contributed by atoms with Crippen LogP contribution in [0.15, 0.2) is 0 Å². The molecule has 0 radical (unpaired) electrons. The van der Waals surface area contributed by atoms with E-state index in [-0.39, 0.29) is 64.6 Å². The molecule has 0 amide bonds. The topological polar surface area (TPSA) is 99.1 Å². The lowest BCUT2D eigenvalue weighted by molar-refractivity contribution is -0.218. The monoisotopic (exact) mass is 506 g/mol. The van der Waals surface area contributed by atoms with E-state index in [1.807, 2.05) is 0 Å². The lowest BCUT2D eigenvalue weighted by Gasteiger charge is -2.64. The molecule has 4 fully saturated rings. The molecule has 7 nitrogen and oxygen atoms in total. The zero-order chi connectivity index (χ0) is 26.4. The van der Waals surface area contributed by atoms with E-state index in [2.05, 4.69) is 20.8 Å². The summed E-state index contributed by atoms with van der Waals surface area (Å²) < 4.78 is 16.5. The van der Waals surface area contributed by atoms with Crippen LogP contribution in [0.2, 0.25) is 0 Å². The highest BCUT2D eigenvalue weighted by Gasteiger charge is 2.66. The number of rotatable bonds is 6. The number of aliphatic hydroxyl groups is 1. The second kappa shape index (κ2) is 10.3. The lowest BCUT2D eigenvalue weighted by atomic mass is 9.43. The van der Waals surface area contributed by atoms with Gasteiger partial charge in [-0.2, -0.15) is 0 Å². The third-order valence-electron chi connectivity index (χ3n) is 11.2. The summed E-state index contributed by atoms with van der Waals surface area (Å²) in [5, 5.41) is 11.8. The Hall–Kier alpha value is -1.63. The highest BCUT2D eigenvalue weighted by atomic mass is 16.5. The molecule has 1 N–H and O–H groups in total. The maximum absolute atomic E-state index is 12.2. The third kappa shape index (κ3) is 4.69. The van der Waals surface area contributed by atoms with Crippen molar-refractivity contribution in [2.75, 3.05) is 7.11 Å². The average Bonchev–Trinajstić information content (AvgIpc) is 3.16. The zero-order valence-electron chi connectivity index (χ0n) is 23.0. The average molecular weight is 507 g/mol. The van der Waals surface area contributed by atoms with Gasteiger partial charge in [0.05, 0.1) is 13.2 Å². The Morgan fingerprint density at radius 2 is 1.67 bits per heavy atom. The van der Waals surface area contributed by atoms with E-state index in [9.17, 15) is 19.5 Å². The van der Waals surface area contributed by atoms with Crippen molar-refractivity contribution >= 4 is 17.9 Å². The van der Waals surface area contributed by atoms with Crippen molar-refractivity contribution in [2.24, 2.45) is 46.3 Å². The van der Waals surface area contributed by atoms with Crippen LogP contribution in [0.25, 0.3) is 0 Å². The van der Waals surface area contributed by atoms with Crippen LogP contribution in [0.1, 0.15) is 92.4 Å². The van der Waals surface area contributed by atoms with E-state index >= 15 is 0 Å². The number of methoxy groups -OCH3 is 1. The maximum atomic E-state index is 12.2. The summed E-state index contributed by atoms with van der Waals surface area (Å²) in [5.41, 5.74) is -0.248. The first kappa shape index (κ1) is 27.4. The summed E-state index contributed by atoms with van der Waals surface area (Å²) >= 11 is 0. The lowest BCUT2D eigenvalue weighted by Crippen LogP contribution is -2.63. The predicted octanol–water partition coefficient (Wildman–Crippen LogP) is 4.68. The summed E-state index contributed by atoms with van der Waals surface area (Å²) in [6.07, 6.45) is 6.59. The molecular formula is C29H46O7. The van der Waals surface area contributed by atoms with E-state index in [4.69, 9.17) is 14.2 Å². The molecule has 0 unspecified atom stereocenters. The van der Waals surface area contributed by atoms with Gasteiger partial charge in [0.15, 0.2) is 0 Å². The molecular weight excluding hydrogens is 460 g/mol. The Morgan fingerprint density at radius 3 is 2.31 bits per heavy atom. The minimum Gasteiger partial charge on any atom is -0.469 e. The summed E-state index contributed by atoms with van der Waals surface area (Å²) in [7, 11) is 1.43. The fraction of sp³-hybridized carbons (Fsp3) is 0.897. The van der Waals surface area contributed by atoms with Crippen molar-refractivity contribution in [2.45, 2.75) is 111 Å². The number of carbonyl (C=O) groups excluding carboxylic acids is 3. The van der Waals surface area contributed by atoms with Gasteiger partial charge < -0.3 is 19.3 Å². The minimum atomic E-state index is -0.434. The van der Waals surface area contributed by atoms with Crippen molar-refractivity contribution in [3.8, 4) is 0 Å². The summed E-state index contributed by atoms with van der Waals surface area (Å²) in [5.74, 6) is 0.965. The first-order valence-electron chi connectivity index (χ1n) is 14.0. The van der Waals surface area contributed by atoms with E-state index in [1.54, 1.807) is 0 Å². The molecule has 0 bridgehead atoms. The second-order valence-electron chi connectivity index (χ2n) is 12.8. The van der Waals surface area contributed by atoms with Crippen LogP contribution in [0, 0.1) is 46.3 Å². The predicted molar refractivity (Wildman–Crippen MR) is 134 cm³/mol. The normalized spacial score (nSPS) is 44.4. The Labute approximate surface area is 216 Å². The second-order valence-corrected chi connectivity index (χ2v) is 12.8. The van der Waals surface area contributed by atoms with Crippen molar-refractivity contribution in [3.05, 3.63) is 0 Å². The van der Waals surface area contributed by atoms with Crippen LogP contribution >= 0.6 is 0 Å². The van der Waals surface area contributed by atoms with Crippen LogP contribution < -0.4 is 0 Å². The molecule has 0 heterocycles. The Kier molecular flexibility index (Phi) is 7.81. The van der Waals surface area contributed by atoms with E-state index < -0.39 is 6.10 Å². The number of hydrogen-bond acceptors (Lipinski definition) is 7. The van der Waals surface area contributed by atoms with Crippen LogP contribution in [-0.4, -0.2) is 48.4 Å². The molecule has 0 saturated heterocycles. The molecule has 0 aromatic carbocycles. The Bertz CT molecular complexity index is 857. The van der Waals surface area contributed by atoms with Gasteiger partial charge in [0.25, 0.3) is 0 Å². The van der Waals surface area contributed by atoms with Gasteiger partial charge in [-0.05, 0) is 91.8 Å². The van der Waals surface area contributed by atoms with Gasteiger partial charge in [-0.15, -0.1) is 0 Å². The molecule has 4 saturated carbocycles. The molecule has 0 aromatic rings. The Morgan fingerprint density at radius 1 is 0.972 bits per heavy atom. The molecule has 0 spiro atoms. The van der Waals surface area contributed by atoms with E-state index in [0.29, 0.717) is 24.7 Å². The number of carbonyl (C=O) groups is 3. The molecule has 7 heteroatoms. The largest absolute Gasteiger partial charge is 0.469 e. The van der Waals surface area contributed by atoms with Crippen molar-refractivity contribution in [1.82, 2.24) is 0 Å². The molecule has 11 atom stereocenters.